The van der Waals surface area contributed by atoms with Crippen LogP contribution in [-0.4, -0.2) is 11.8 Å². The van der Waals surface area contributed by atoms with E-state index in [0.29, 0.717) is 5.56 Å². The van der Waals surface area contributed by atoms with E-state index in [4.69, 9.17) is 4.74 Å². The van der Waals surface area contributed by atoms with Crippen LogP contribution in [0.5, 0.6) is 0 Å². The fourth-order valence-corrected chi connectivity index (χ4v) is 3.24. The van der Waals surface area contributed by atoms with Crippen molar-refractivity contribution >= 4 is 11.8 Å². The maximum Gasteiger partial charge on any atom is 0.330 e. The molecule has 0 bridgehead atoms. The molecule has 0 aromatic heterocycles. The molecule has 0 spiro atoms. The lowest BCUT2D eigenvalue weighted by molar-refractivity contribution is -0.143. The van der Waals surface area contributed by atoms with Crippen LogP contribution in [0.2, 0.25) is 0 Å². The van der Waals surface area contributed by atoms with Crippen LogP contribution in [0.25, 0.3) is 0 Å². The monoisotopic (exact) mass is 306 g/mol. The highest BCUT2D eigenvalue weighted by molar-refractivity contribution is 6.06. The van der Waals surface area contributed by atoms with Gasteiger partial charge in [0.1, 0.15) is 6.10 Å². The maximum absolute atomic E-state index is 12.9. The molecule has 2 atom stereocenters. The van der Waals surface area contributed by atoms with Crippen molar-refractivity contribution < 1.29 is 14.3 Å². The summed E-state index contributed by atoms with van der Waals surface area (Å²) >= 11 is 0. The van der Waals surface area contributed by atoms with Crippen molar-refractivity contribution in [3.63, 3.8) is 0 Å². The lowest BCUT2D eigenvalue weighted by atomic mass is 9.89. The Balaban J connectivity index is 2.12. The molecule has 0 heterocycles. The van der Waals surface area contributed by atoms with Gasteiger partial charge in [-0.1, -0.05) is 54.6 Å². The molecular weight excluding hydrogens is 288 g/mol. The second-order valence-electron chi connectivity index (χ2n) is 5.85. The summed E-state index contributed by atoms with van der Waals surface area (Å²) in [5, 5.41) is 0. The average molecular weight is 306 g/mol. The highest BCUT2D eigenvalue weighted by Crippen LogP contribution is 2.45. The van der Waals surface area contributed by atoms with E-state index in [1.807, 2.05) is 50.2 Å². The molecule has 116 valence electrons. The third-order valence-electron chi connectivity index (χ3n) is 4.29. The van der Waals surface area contributed by atoms with Crippen molar-refractivity contribution in [2.24, 2.45) is 0 Å². The molecule has 1 aliphatic rings. The molecule has 0 aliphatic heterocycles. The Labute approximate surface area is 135 Å². The number of ketones is 1. The van der Waals surface area contributed by atoms with Gasteiger partial charge in [0.25, 0.3) is 0 Å². The number of carbonyl (C=O) groups excluding carboxylic acids is 2. The molecule has 2 aromatic carbocycles. The van der Waals surface area contributed by atoms with Crippen LogP contribution >= 0.6 is 0 Å². The zero-order valence-corrected chi connectivity index (χ0v) is 13.2. The number of aryl methyl sites for hydroxylation is 2. The van der Waals surface area contributed by atoms with Gasteiger partial charge in [-0.15, -0.1) is 0 Å². The first kappa shape index (κ1) is 15.2. The van der Waals surface area contributed by atoms with Gasteiger partial charge in [0, 0.05) is 17.2 Å². The Hall–Kier alpha value is -2.68. The number of carbonyl (C=O) groups is 2. The largest absolute Gasteiger partial charge is 0.453 e. The van der Waals surface area contributed by atoms with Crippen molar-refractivity contribution in [3.05, 3.63) is 82.9 Å². The second kappa shape index (κ2) is 5.84. The third-order valence-corrected chi connectivity index (χ3v) is 4.29. The molecule has 0 amide bonds. The van der Waals surface area contributed by atoms with Gasteiger partial charge in [0.15, 0.2) is 5.78 Å². The summed E-state index contributed by atoms with van der Waals surface area (Å²) in [7, 11) is 0. The van der Waals surface area contributed by atoms with Crippen LogP contribution in [-0.2, 0) is 9.53 Å². The number of ether oxygens (including phenoxy) is 1. The van der Waals surface area contributed by atoms with Gasteiger partial charge in [-0.25, -0.2) is 4.79 Å². The lowest BCUT2D eigenvalue weighted by Crippen LogP contribution is -2.18. The van der Waals surface area contributed by atoms with Gasteiger partial charge in [-0.3, -0.25) is 4.79 Å². The number of fused-ring (bicyclic) bond motifs is 1. The fraction of sp³-hybridized carbons (Fsp3) is 0.200. The molecule has 0 saturated carbocycles. The van der Waals surface area contributed by atoms with Gasteiger partial charge < -0.3 is 4.74 Å². The first-order valence-electron chi connectivity index (χ1n) is 7.56. The van der Waals surface area contributed by atoms with Crippen LogP contribution in [0.3, 0.4) is 0 Å². The van der Waals surface area contributed by atoms with E-state index in [2.05, 4.69) is 6.58 Å². The minimum atomic E-state index is -0.606. The van der Waals surface area contributed by atoms with Gasteiger partial charge >= 0.3 is 5.97 Å². The highest BCUT2D eigenvalue weighted by Gasteiger charge is 2.43. The predicted molar refractivity (Wildman–Crippen MR) is 88.5 cm³/mol. The summed E-state index contributed by atoms with van der Waals surface area (Å²) in [4.78, 5) is 24.6. The number of rotatable bonds is 3. The molecule has 2 aromatic rings. The molecule has 1 aliphatic carbocycles. The van der Waals surface area contributed by atoms with Gasteiger partial charge in [0.2, 0.25) is 0 Å². The Bertz CT molecular complexity index is 804. The standard InChI is InChI=1S/C20H18O3/c1-4-17(21)23-20-16-8-6-5-7-15(16)19(22)18(20)14-10-9-12(2)11-13(14)3/h4-11,18,20H,1H2,2-3H3. The van der Waals surface area contributed by atoms with Crippen LogP contribution in [0.1, 0.15) is 44.6 Å². The number of hydrogen-bond donors (Lipinski definition) is 0. The topological polar surface area (TPSA) is 43.4 Å². The Morgan fingerprint density at radius 3 is 2.57 bits per heavy atom. The van der Waals surface area contributed by atoms with E-state index < -0.39 is 18.0 Å². The lowest BCUT2D eigenvalue weighted by Gasteiger charge is -2.21. The van der Waals surface area contributed by atoms with Crippen molar-refractivity contribution in [1.82, 2.24) is 0 Å². The minimum absolute atomic E-state index is 0.00517. The zero-order valence-electron chi connectivity index (χ0n) is 13.2. The summed E-state index contributed by atoms with van der Waals surface area (Å²) in [6, 6.07) is 13.3. The normalized spacial score (nSPS) is 19.3. The zero-order chi connectivity index (χ0) is 16.6. The molecule has 3 nitrogen and oxygen atoms in total. The van der Waals surface area contributed by atoms with E-state index in [0.717, 1.165) is 28.3 Å². The fourth-order valence-electron chi connectivity index (χ4n) is 3.24. The highest BCUT2D eigenvalue weighted by atomic mass is 16.5. The second-order valence-corrected chi connectivity index (χ2v) is 5.85. The molecule has 0 radical (unpaired) electrons. The Kier molecular flexibility index (Phi) is 3.87. The van der Waals surface area contributed by atoms with Gasteiger partial charge in [-0.2, -0.15) is 0 Å². The molecule has 23 heavy (non-hydrogen) atoms. The Morgan fingerprint density at radius 2 is 1.87 bits per heavy atom. The van der Waals surface area contributed by atoms with E-state index in [1.165, 1.54) is 0 Å². The maximum atomic E-state index is 12.9. The van der Waals surface area contributed by atoms with Gasteiger partial charge in [0.05, 0.1) is 5.92 Å². The summed E-state index contributed by atoms with van der Waals surface area (Å²) < 4.78 is 5.53. The molecule has 2 unspecified atom stereocenters. The van der Waals surface area contributed by atoms with Crippen molar-refractivity contribution in [1.29, 1.82) is 0 Å². The van der Waals surface area contributed by atoms with E-state index in [1.54, 1.807) is 6.07 Å². The van der Waals surface area contributed by atoms with Crippen LogP contribution in [0, 0.1) is 13.8 Å². The molecule has 0 saturated heterocycles. The van der Waals surface area contributed by atoms with E-state index in [9.17, 15) is 9.59 Å². The number of benzene rings is 2. The number of hydrogen-bond acceptors (Lipinski definition) is 3. The first-order valence-corrected chi connectivity index (χ1v) is 7.56. The first-order chi connectivity index (χ1) is 11.0. The summed E-state index contributed by atoms with van der Waals surface area (Å²) in [6.45, 7) is 7.43. The molecule has 3 heteroatoms. The summed E-state index contributed by atoms with van der Waals surface area (Å²) in [5.74, 6) is -1.03. The predicted octanol–water partition coefficient (Wildman–Crippen LogP) is 4.05. The molecule has 0 N–H and O–H groups in total. The number of Topliss-reactive ketones (excluding diaryl/α,β-unsaturated/α-hetero) is 1. The van der Waals surface area contributed by atoms with E-state index >= 15 is 0 Å². The van der Waals surface area contributed by atoms with Crippen LogP contribution < -0.4 is 0 Å². The van der Waals surface area contributed by atoms with Crippen molar-refractivity contribution in [3.8, 4) is 0 Å². The third kappa shape index (κ3) is 2.59. The average Bonchev–Trinajstić information content (AvgIpc) is 2.81. The van der Waals surface area contributed by atoms with Crippen molar-refractivity contribution in [2.75, 3.05) is 0 Å². The Morgan fingerprint density at radius 1 is 1.13 bits per heavy atom. The minimum Gasteiger partial charge on any atom is -0.453 e. The van der Waals surface area contributed by atoms with Crippen LogP contribution in [0.15, 0.2) is 55.1 Å². The SMILES string of the molecule is C=CC(=O)OC1c2ccccc2C(=O)C1c1ccc(C)cc1C. The van der Waals surface area contributed by atoms with Crippen molar-refractivity contribution in [2.45, 2.75) is 25.9 Å². The smallest absolute Gasteiger partial charge is 0.330 e. The summed E-state index contributed by atoms with van der Waals surface area (Å²) in [5.41, 5.74) is 4.44. The molecule has 0 fully saturated rings. The quantitative estimate of drug-likeness (QED) is 0.634. The van der Waals surface area contributed by atoms with Crippen LogP contribution in [0.4, 0.5) is 0 Å². The van der Waals surface area contributed by atoms with E-state index in [-0.39, 0.29) is 5.78 Å². The summed E-state index contributed by atoms with van der Waals surface area (Å²) in [6.07, 6.45) is 0.524. The molecule has 3 rings (SSSR count). The van der Waals surface area contributed by atoms with Gasteiger partial charge in [-0.05, 0) is 25.0 Å². The number of esters is 1. The molecular formula is C20H18O3.